The van der Waals surface area contributed by atoms with Crippen LogP contribution >= 0.6 is 0 Å². The number of benzene rings is 2. The molecule has 0 saturated carbocycles. The van der Waals surface area contributed by atoms with Crippen molar-refractivity contribution in [3.8, 4) is 5.75 Å². The van der Waals surface area contributed by atoms with Gasteiger partial charge in [0.05, 0.1) is 11.9 Å². The Labute approximate surface area is 222 Å². The summed E-state index contributed by atoms with van der Waals surface area (Å²) in [4.78, 5) is 30.2. The maximum atomic E-state index is 13.3. The van der Waals surface area contributed by atoms with E-state index < -0.39 is 12.1 Å². The van der Waals surface area contributed by atoms with Crippen LogP contribution in [-0.2, 0) is 16.0 Å². The fourth-order valence-corrected chi connectivity index (χ4v) is 5.57. The van der Waals surface area contributed by atoms with Crippen molar-refractivity contribution >= 4 is 23.3 Å². The summed E-state index contributed by atoms with van der Waals surface area (Å²) in [6, 6.07) is 12.9. The molecule has 3 aliphatic heterocycles. The highest BCUT2D eigenvalue weighted by molar-refractivity contribution is 6.01. The normalized spacial score (nSPS) is 20.4. The summed E-state index contributed by atoms with van der Waals surface area (Å²) in [5.74, 6) is 0.396. The van der Waals surface area contributed by atoms with E-state index in [1.165, 1.54) is 10.2 Å². The number of aromatic nitrogens is 2. The Morgan fingerprint density at radius 1 is 1.11 bits per heavy atom. The molecule has 1 N–H and O–H groups in total. The number of nitrogens with one attached hydrogen (secondary N) is 1. The Balaban J connectivity index is 1.10. The van der Waals surface area contributed by atoms with Crippen molar-refractivity contribution in [3.63, 3.8) is 0 Å². The minimum absolute atomic E-state index is 0.0472. The van der Waals surface area contributed by atoms with E-state index in [0.717, 1.165) is 56.0 Å². The summed E-state index contributed by atoms with van der Waals surface area (Å²) >= 11 is 0. The maximum Gasteiger partial charge on any atom is 0.342 e. The van der Waals surface area contributed by atoms with Crippen LogP contribution in [-0.4, -0.2) is 67.7 Å². The molecule has 198 valence electrons. The Kier molecular flexibility index (Phi) is 6.31. The van der Waals surface area contributed by atoms with Crippen LogP contribution in [0, 0.1) is 12.3 Å². The standard InChI is InChI=1S/C29H33N5O4/c1-20-3-5-21(6-4-20)13-22-15-30-34(16-22)28(36)31-24-17-38-26-8-7-23(14-25(26)32(2)27(24)35)33-18-29(19-33)9-11-37-12-10-29/h3-8,14-16,24H,9-13,17-19H2,1-2H3,(H,31,36)/t24-/m1/s1. The molecule has 1 spiro atoms. The molecule has 2 fully saturated rings. The molecule has 6 rings (SSSR count). The molecule has 9 nitrogen and oxygen atoms in total. The number of amides is 2. The number of rotatable bonds is 4. The first-order chi connectivity index (χ1) is 18.4. The zero-order chi connectivity index (χ0) is 26.3. The van der Waals surface area contributed by atoms with E-state index in [-0.39, 0.29) is 12.5 Å². The van der Waals surface area contributed by atoms with Gasteiger partial charge in [-0.2, -0.15) is 9.78 Å². The lowest BCUT2D eigenvalue weighted by molar-refractivity contribution is -0.120. The van der Waals surface area contributed by atoms with Gasteiger partial charge in [0.1, 0.15) is 18.4 Å². The Hall–Kier alpha value is -3.85. The number of carbonyl (C=O) groups is 2. The molecule has 1 atom stereocenters. The number of hydrogen-bond donors (Lipinski definition) is 1. The third-order valence-electron chi connectivity index (χ3n) is 7.98. The van der Waals surface area contributed by atoms with Gasteiger partial charge in [-0.05, 0) is 49.1 Å². The molecule has 0 unspecified atom stereocenters. The number of aryl methyl sites for hydroxylation is 1. The van der Waals surface area contributed by atoms with Crippen molar-refractivity contribution in [2.45, 2.75) is 32.2 Å². The van der Waals surface area contributed by atoms with Crippen LogP contribution in [0.4, 0.5) is 16.2 Å². The number of ether oxygens (including phenoxy) is 2. The second-order valence-electron chi connectivity index (χ2n) is 10.8. The van der Waals surface area contributed by atoms with Gasteiger partial charge in [-0.25, -0.2) is 4.79 Å². The second kappa shape index (κ2) is 9.79. The summed E-state index contributed by atoms with van der Waals surface area (Å²) in [6.07, 6.45) is 6.24. The molecule has 2 aromatic carbocycles. The number of likely N-dealkylation sites (N-methyl/N-ethyl adjacent to an activating group) is 1. The molecule has 9 heteroatoms. The first-order valence-corrected chi connectivity index (χ1v) is 13.2. The van der Waals surface area contributed by atoms with Gasteiger partial charge in [0.2, 0.25) is 0 Å². The third kappa shape index (κ3) is 4.74. The SMILES string of the molecule is Cc1ccc(Cc2cnn(C(=O)N[C@@H]3COc4ccc(N5CC6(CCOCC6)C5)cc4N(C)C3=O)c2)cc1. The minimum atomic E-state index is -0.831. The fraction of sp³-hybridized carbons (Fsp3) is 0.414. The average Bonchev–Trinajstić information content (AvgIpc) is 3.35. The van der Waals surface area contributed by atoms with Gasteiger partial charge in [-0.3, -0.25) is 4.79 Å². The minimum Gasteiger partial charge on any atom is -0.489 e. The molecule has 38 heavy (non-hydrogen) atoms. The van der Waals surface area contributed by atoms with Crippen LogP contribution in [0.1, 0.15) is 29.5 Å². The highest BCUT2D eigenvalue weighted by Gasteiger charge is 2.44. The van der Waals surface area contributed by atoms with Crippen LogP contribution in [0.25, 0.3) is 0 Å². The quantitative estimate of drug-likeness (QED) is 0.573. The van der Waals surface area contributed by atoms with E-state index in [1.54, 1.807) is 24.3 Å². The molecule has 3 aliphatic rings. The van der Waals surface area contributed by atoms with Gasteiger partial charge < -0.3 is 24.6 Å². The molecule has 0 bridgehead atoms. The number of nitrogens with zero attached hydrogens (tertiary/aromatic N) is 4. The zero-order valence-electron chi connectivity index (χ0n) is 21.9. The van der Waals surface area contributed by atoms with Crippen molar-refractivity contribution in [2.75, 3.05) is 49.8 Å². The summed E-state index contributed by atoms with van der Waals surface area (Å²) in [5.41, 5.74) is 5.39. The van der Waals surface area contributed by atoms with Crippen molar-refractivity contribution in [3.05, 3.63) is 71.5 Å². The summed E-state index contributed by atoms with van der Waals surface area (Å²) < 4.78 is 12.8. The van der Waals surface area contributed by atoms with E-state index in [1.807, 2.05) is 25.1 Å². The monoisotopic (exact) mass is 515 g/mol. The average molecular weight is 516 g/mol. The molecule has 0 radical (unpaired) electrons. The molecule has 0 aliphatic carbocycles. The van der Waals surface area contributed by atoms with E-state index in [9.17, 15) is 9.59 Å². The lowest BCUT2D eigenvalue weighted by Crippen LogP contribution is -2.58. The second-order valence-corrected chi connectivity index (χ2v) is 10.8. The predicted octanol–water partition coefficient (Wildman–Crippen LogP) is 3.38. The van der Waals surface area contributed by atoms with Gasteiger partial charge in [0, 0.05) is 57.1 Å². The van der Waals surface area contributed by atoms with Crippen molar-refractivity contribution in [2.24, 2.45) is 5.41 Å². The van der Waals surface area contributed by atoms with Crippen LogP contribution in [0.15, 0.2) is 54.9 Å². The van der Waals surface area contributed by atoms with Crippen molar-refractivity contribution < 1.29 is 19.1 Å². The molecular weight excluding hydrogens is 482 g/mol. The Morgan fingerprint density at radius 3 is 2.63 bits per heavy atom. The van der Waals surface area contributed by atoms with E-state index in [0.29, 0.717) is 23.3 Å². The Bertz CT molecular complexity index is 1340. The van der Waals surface area contributed by atoms with Gasteiger partial charge in [-0.15, -0.1) is 0 Å². The lowest BCUT2D eigenvalue weighted by atomic mass is 9.73. The van der Waals surface area contributed by atoms with E-state index in [2.05, 4.69) is 39.6 Å². The highest BCUT2D eigenvalue weighted by Crippen LogP contribution is 2.44. The van der Waals surface area contributed by atoms with Gasteiger partial charge in [0.25, 0.3) is 5.91 Å². The highest BCUT2D eigenvalue weighted by atomic mass is 16.5. The molecule has 2 amide bonds. The number of hydrogen-bond acceptors (Lipinski definition) is 6. The fourth-order valence-electron chi connectivity index (χ4n) is 5.57. The summed E-state index contributed by atoms with van der Waals surface area (Å²) in [7, 11) is 1.72. The molecule has 1 aromatic heterocycles. The zero-order valence-corrected chi connectivity index (χ0v) is 21.9. The molecule has 3 aromatic rings. The van der Waals surface area contributed by atoms with Gasteiger partial charge >= 0.3 is 6.03 Å². The molecular formula is C29H33N5O4. The summed E-state index contributed by atoms with van der Waals surface area (Å²) in [5, 5.41) is 7.01. The largest absolute Gasteiger partial charge is 0.489 e. The first-order valence-electron chi connectivity index (χ1n) is 13.2. The smallest absolute Gasteiger partial charge is 0.342 e. The van der Waals surface area contributed by atoms with Gasteiger partial charge in [-0.1, -0.05) is 29.8 Å². The maximum absolute atomic E-state index is 13.3. The molecule has 2 saturated heterocycles. The number of fused-ring (bicyclic) bond motifs is 1. The van der Waals surface area contributed by atoms with E-state index in [4.69, 9.17) is 9.47 Å². The summed E-state index contributed by atoms with van der Waals surface area (Å²) in [6.45, 7) is 5.77. The third-order valence-corrected chi connectivity index (χ3v) is 7.98. The van der Waals surface area contributed by atoms with Crippen molar-refractivity contribution in [1.82, 2.24) is 15.1 Å². The van der Waals surface area contributed by atoms with Crippen LogP contribution in [0.5, 0.6) is 5.75 Å². The predicted molar refractivity (Wildman–Crippen MR) is 144 cm³/mol. The molecule has 4 heterocycles. The van der Waals surface area contributed by atoms with Gasteiger partial charge in [0.15, 0.2) is 0 Å². The lowest BCUT2D eigenvalue weighted by Gasteiger charge is -2.53. The first kappa shape index (κ1) is 24.5. The number of carbonyl (C=O) groups excluding carboxylic acids is 2. The van der Waals surface area contributed by atoms with Crippen molar-refractivity contribution in [1.29, 1.82) is 0 Å². The number of anilines is 2. The van der Waals surface area contributed by atoms with E-state index >= 15 is 0 Å². The van der Waals surface area contributed by atoms with Crippen LogP contribution in [0.2, 0.25) is 0 Å². The van der Waals surface area contributed by atoms with Crippen LogP contribution < -0.4 is 19.9 Å². The Morgan fingerprint density at radius 2 is 1.87 bits per heavy atom. The van der Waals surface area contributed by atoms with Crippen LogP contribution in [0.3, 0.4) is 0 Å². The topological polar surface area (TPSA) is 88.9 Å².